The summed E-state index contributed by atoms with van der Waals surface area (Å²) >= 11 is 0. The molecule has 0 aliphatic carbocycles. The van der Waals surface area contributed by atoms with Crippen LogP contribution in [0.4, 0.5) is 0 Å². The van der Waals surface area contributed by atoms with E-state index in [9.17, 15) is 4.79 Å². The molecule has 0 bridgehead atoms. The van der Waals surface area contributed by atoms with E-state index < -0.39 is 0 Å². The summed E-state index contributed by atoms with van der Waals surface area (Å²) in [5.74, 6) is 0.632. The Kier molecular flexibility index (Phi) is 4.37. The van der Waals surface area contributed by atoms with Crippen LogP contribution in [0, 0.1) is 13.8 Å². The van der Waals surface area contributed by atoms with Crippen molar-refractivity contribution in [1.82, 2.24) is 29.9 Å². The Balaban J connectivity index is 1.77. The van der Waals surface area contributed by atoms with E-state index in [0.717, 1.165) is 17.0 Å². The number of rotatable bonds is 5. The van der Waals surface area contributed by atoms with Crippen LogP contribution < -0.4 is 10.1 Å². The Morgan fingerprint density at radius 3 is 2.96 bits per heavy atom. The molecule has 1 N–H and O–H groups in total. The maximum Gasteiger partial charge on any atom is 0.291 e. The average molecular weight is 326 g/mol. The molecule has 8 nitrogen and oxygen atoms in total. The minimum absolute atomic E-state index is 0.0815. The maximum absolute atomic E-state index is 12.3. The van der Waals surface area contributed by atoms with Crippen molar-refractivity contribution < 1.29 is 9.53 Å². The topological polar surface area (TPSA) is 94.3 Å². The lowest BCUT2D eigenvalue weighted by Gasteiger charge is -2.08. The molecule has 0 atom stereocenters. The van der Waals surface area contributed by atoms with Crippen molar-refractivity contribution in [2.75, 3.05) is 6.61 Å². The molecule has 0 spiro atoms. The molecule has 8 heteroatoms. The number of carbonyl (C=O) groups excluding carboxylic acids is 1. The number of pyridine rings is 1. The van der Waals surface area contributed by atoms with Crippen molar-refractivity contribution in [3.63, 3.8) is 0 Å². The van der Waals surface area contributed by atoms with Crippen LogP contribution in [0.15, 0.2) is 24.4 Å². The number of nitrogens with one attached hydrogen (secondary N) is 1. The molecular formula is C16H18N6O2. The molecule has 0 saturated heterocycles. The molecule has 3 aromatic rings. The number of hydrogen-bond donors (Lipinski definition) is 1. The largest absolute Gasteiger partial charge is 0.478 e. The summed E-state index contributed by atoms with van der Waals surface area (Å²) in [7, 11) is 0. The van der Waals surface area contributed by atoms with E-state index in [1.54, 1.807) is 16.8 Å². The SMILES string of the molecule is CCOc1ncccc1CNC(=O)c1nc2nc(C)cc(C)n2n1. The zero-order chi connectivity index (χ0) is 17.1. The molecule has 24 heavy (non-hydrogen) atoms. The second kappa shape index (κ2) is 6.61. The van der Waals surface area contributed by atoms with Crippen LogP contribution in [0.1, 0.15) is 34.5 Å². The van der Waals surface area contributed by atoms with E-state index in [2.05, 4.69) is 25.4 Å². The minimum atomic E-state index is -0.371. The van der Waals surface area contributed by atoms with Crippen LogP contribution in [0.5, 0.6) is 5.88 Å². The summed E-state index contributed by atoms with van der Waals surface area (Å²) in [6.07, 6.45) is 1.65. The van der Waals surface area contributed by atoms with Crippen molar-refractivity contribution in [1.29, 1.82) is 0 Å². The molecule has 3 rings (SSSR count). The number of aromatic nitrogens is 5. The summed E-state index contributed by atoms with van der Waals surface area (Å²) in [5, 5.41) is 6.99. The van der Waals surface area contributed by atoms with Crippen molar-refractivity contribution >= 4 is 11.7 Å². The first kappa shape index (κ1) is 15.9. The Morgan fingerprint density at radius 1 is 1.33 bits per heavy atom. The van der Waals surface area contributed by atoms with E-state index in [1.807, 2.05) is 32.9 Å². The quantitative estimate of drug-likeness (QED) is 0.763. The average Bonchev–Trinajstić information content (AvgIpc) is 2.98. The fourth-order valence-electron chi connectivity index (χ4n) is 2.34. The number of ether oxygens (including phenoxy) is 1. The first-order valence-corrected chi connectivity index (χ1v) is 7.64. The van der Waals surface area contributed by atoms with Gasteiger partial charge in [0.2, 0.25) is 11.7 Å². The van der Waals surface area contributed by atoms with E-state index in [1.165, 1.54) is 0 Å². The molecule has 0 radical (unpaired) electrons. The van der Waals surface area contributed by atoms with Crippen LogP contribution in [-0.2, 0) is 6.54 Å². The van der Waals surface area contributed by atoms with Gasteiger partial charge in [0, 0.05) is 29.7 Å². The van der Waals surface area contributed by atoms with Gasteiger partial charge >= 0.3 is 0 Å². The van der Waals surface area contributed by atoms with E-state index in [0.29, 0.717) is 18.3 Å². The predicted octanol–water partition coefficient (Wildman–Crippen LogP) is 1.46. The number of fused-ring (bicyclic) bond motifs is 1. The summed E-state index contributed by atoms with van der Waals surface area (Å²) in [4.78, 5) is 24.9. The first-order valence-electron chi connectivity index (χ1n) is 7.64. The van der Waals surface area contributed by atoms with Crippen LogP contribution in [-0.4, -0.2) is 37.1 Å². The van der Waals surface area contributed by atoms with Crippen LogP contribution in [0.3, 0.4) is 0 Å². The highest BCUT2D eigenvalue weighted by atomic mass is 16.5. The smallest absolute Gasteiger partial charge is 0.291 e. The Bertz CT molecular complexity index is 889. The molecule has 0 aliphatic heterocycles. The Hall–Kier alpha value is -3.03. The summed E-state index contributed by atoms with van der Waals surface area (Å²) in [5.41, 5.74) is 2.49. The van der Waals surface area contributed by atoms with Crippen molar-refractivity contribution in [3.05, 3.63) is 47.2 Å². The lowest BCUT2D eigenvalue weighted by Crippen LogP contribution is -2.24. The number of hydrogen-bond acceptors (Lipinski definition) is 6. The molecule has 1 amide bonds. The van der Waals surface area contributed by atoms with Gasteiger partial charge in [0.1, 0.15) is 0 Å². The molecule has 0 aromatic carbocycles. The first-order chi connectivity index (χ1) is 11.6. The van der Waals surface area contributed by atoms with Gasteiger partial charge in [-0.05, 0) is 32.9 Å². The normalized spacial score (nSPS) is 10.8. The minimum Gasteiger partial charge on any atom is -0.478 e. The van der Waals surface area contributed by atoms with Gasteiger partial charge < -0.3 is 10.1 Å². The fraction of sp³-hybridized carbons (Fsp3) is 0.312. The lowest BCUT2D eigenvalue weighted by molar-refractivity contribution is 0.0940. The van der Waals surface area contributed by atoms with Gasteiger partial charge in [-0.25, -0.2) is 14.5 Å². The zero-order valence-corrected chi connectivity index (χ0v) is 13.8. The second-order valence-corrected chi connectivity index (χ2v) is 5.27. The maximum atomic E-state index is 12.3. The highest BCUT2D eigenvalue weighted by Crippen LogP contribution is 2.14. The van der Waals surface area contributed by atoms with E-state index >= 15 is 0 Å². The summed E-state index contributed by atoms with van der Waals surface area (Å²) < 4.78 is 7.00. The Morgan fingerprint density at radius 2 is 2.17 bits per heavy atom. The third-order valence-corrected chi connectivity index (χ3v) is 3.39. The van der Waals surface area contributed by atoms with Gasteiger partial charge in [-0.1, -0.05) is 6.07 Å². The van der Waals surface area contributed by atoms with E-state index in [4.69, 9.17) is 4.74 Å². The van der Waals surface area contributed by atoms with Gasteiger partial charge in [0.05, 0.1) is 6.61 Å². The lowest BCUT2D eigenvalue weighted by atomic mass is 10.2. The molecule has 3 heterocycles. The molecule has 0 unspecified atom stereocenters. The third-order valence-electron chi connectivity index (χ3n) is 3.39. The zero-order valence-electron chi connectivity index (χ0n) is 13.8. The van der Waals surface area contributed by atoms with Crippen LogP contribution in [0.25, 0.3) is 5.78 Å². The number of aryl methyl sites for hydroxylation is 2. The third kappa shape index (κ3) is 3.17. The predicted molar refractivity (Wildman–Crippen MR) is 86.8 cm³/mol. The van der Waals surface area contributed by atoms with Crippen LogP contribution in [0.2, 0.25) is 0 Å². The van der Waals surface area contributed by atoms with Gasteiger partial charge in [-0.2, -0.15) is 4.98 Å². The molecular weight excluding hydrogens is 308 g/mol. The van der Waals surface area contributed by atoms with Crippen molar-refractivity contribution in [3.8, 4) is 5.88 Å². The monoisotopic (exact) mass is 326 g/mol. The second-order valence-electron chi connectivity index (χ2n) is 5.27. The fourth-order valence-corrected chi connectivity index (χ4v) is 2.34. The van der Waals surface area contributed by atoms with E-state index in [-0.39, 0.29) is 18.3 Å². The molecule has 0 aliphatic rings. The van der Waals surface area contributed by atoms with Gasteiger partial charge in [0.25, 0.3) is 11.7 Å². The number of carbonyl (C=O) groups is 1. The van der Waals surface area contributed by atoms with Gasteiger partial charge in [0.15, 0.2) is 0 Å². The standard InChI is InChI=1S/C16H18N6O2/c1-4-24-15-12(6-5-7-17-15)9-18-14(23)13-20-16-19-10(2)8-11(3)22(16)21-13/h5-8H,4,9H2,1-3H3,(H,18,23). The Labute approximate surface area is 138 Å². The van der Waals surface area contributed by atoms with Gasteiger partial charge in [-0.3, -0.25) is 4.79 Å². The van der Waals surface area contributed by atoms with Crippen LogP contribution >= 0.6 is 0 Å². The molecule has 124 valence electrons. The molecule has 3 aromatic heterocycles. The van der Waals surface area contributed by atoms with Crippen molar-refractivity contribution in [2.24, 2.45) is 0 Å². The summed E-state index contributed by atoms with van der Waals surface area (Å²) in [6.45, 7) is 6.44. The molecule has 0 fully saturated rings. The summed E-state index contributed by atoms with van der Waals surface area (Å²) in [6, 6.07) is 5.53. The number of nitrogens with zero attached hydrogens (tertiary/aromatic N) is 5. The molecule has 0 saturated carbocycles. The number of amides is 1. The van der Waals surface area contributed by atoms with Crippen molar-refractivity contribution in [2.45, 2.75) is 27.3 Å². The highest BCUT2D eigenvalue weighted by Gasteiger charge is 2.15. The van der Waals surface area contributed by atoms with Gasteiger partial charge in [-0.15, -0.1) is 5.10 Å². The highest BCUT2D eigenvalue weighted by molar-refractivity contribution is 5.90.